The summed E-state index contributed by atoms with van der Waals surface area (Å²) in [5.74, 6) is 0.551. The lowest BCUT2D eigenvalue weighted by Crippen LogP contribution is -2.68. The molecule has 27 heavy (non-hydrogen) atoms. The molecule has 1 fully saturated rings. The first-order chi connectivity index (χ1) is 12.9. The second-order valence-electron chi connectivity index (χ2n) is 9.06. The fraction of sp³-hybridized carbons (Fsp3) is 0.500. The quantitative estimate of drug-likeness (QED) is 0.776. The third-order valence-corrected chi connectivity index (χ3v) is 11.3. The van der Waals surface area contributed by atoms with Crippen molar-refractivity contribution in [2.24, 2.45) is 11.7 Å². The van der Waals surface area contributed by atoms with Gasteiger partial charge in [0.1, 0.15) is 0 Å². The molecule has 0 spiro atoms. The molecule has 3 heteroatoms. The second kappa shape index (κ2) is 8.30. The minimum absolute atomic E-state index is 0.0353. The van der Waals surface area contributed by atoms with Crippen LogP contribution in [0.25, 0.3) is 0 Å². The molecule has 0 unspecified atom stereocenters. The van der Waals surface area contributed by atoms with E-state index in [4.69, 9.17) is 10.2 Å². The molecule has 0 heterocycles. The molecule has 0 amide bonds. The molecular formula is C24H35NOSi. The molecule has 2 aromatic carbocycles. The van der Waals surface area contributed by atoms with Gasteiger partial charge in [0.25, 0.3) is 8.32 Å². The molecule has 0 aliphatic heterocycles. The molecule has 2 aromatic rings. The van der Waals surface area contributed by atoms with Crippen molar-refractivity contribution in [1.82, 2.24) is 0 Å². The van der Waals surface area contributed by atoms with E-state index in [1.807, 2.05) is 0 Å². The summed E-state index contributed by atoms with van der Waals surface area (Å²) in [4.78, 5) is 0. The van der Waals surface area contributed by atoms with Crippen molar-refractivity contribution in [2.45, 2.75) is 70.6 Å². The molecule has 2 N–H and O–H groups in total. The van der Waals surface area contributed by atoms with E-state index in [-0.39, 0.29) is 5.04 Å². The number of benzene rings is 2. The summed E-state index contributed by atoms with van der Waals surface area (Å²) in [6.07, 6.45) is 4.65. The molecule has 2 nitrogen and oxygen atoms in total. The van der Waals surface area contributed by atoms with E-state index in [0.717, 1.165) is 25.7 Å². The van der Waals surface area contributed by atoms with E-state index in [2.05, 4.69) is 88.4 Å². The van der Waals surface area contributed by atoms with Crippen LogP contribution in [0.5, 0.6) is 0 Å². The zero-order valence-electron chi connectivity index (χ0n) is 17.3. The van der Waals surface area contributed by atoms with Crippen LogP contribution in [0.3, 0.4) is 0 Å². The van der Waals surface area contributed by atoms with Gasteiger partial charge in [0.05, 0.1) is 0 Å². The van der Waals surface area contributed by atoms with Crippen molar-refractivity contribution in [1.29, 1.82) is 0 Å². The number of rotatable bonds is 5. The fourth-order valence-electron chi connectivity index (χ4n) is 4.78. The topological polar surface area (TPSA) is 35.2 Å². The van der Waals surface area contributed by atoms with Crippen molar-refractivity contribution in [3.05, 3.63) is 60.7 Å². The molecule has 0 bridgehead atoms. The average molecular weight is 382 g/mol. The van der Waals surface area contributed by atoms with Gasteiger partial charge in [-0.15, -0.1) is 0 Å². The Bertz CT molecular complexity index is 671. The van der Waals surface area contributed by atoms with Crippen LogP contribution in [0.2, 0.25) is 5.04 Å². The van der Waals surface area contributed by atoms with Crippen LogP contribution in [-0.4, -0.2) is 20.5 Å². The minimum Gasteiger partial charge on any atom is -0.404 e. The predicted octanol–water partition coefficient (Wildman–Crippen LogP) is 4.47. The third-order valence-electron chi connectivity index (χ3n) is 6.22. The lowest BCUT2D eigenvalue weighted by Gasteiger charge is -2.48. The molecule has 0 aromatic heterocycles. The van der Waals surface area contributed by atoms with Gasteiger partial charge in [-0.3, -0.25) is 0 Å². The van der Waals surface area contributed by atoms with Gasteiger partial charge in [-0.25, -0.2) is 0 Å². The second-order valence-corrected chi connectivity index (χ2v) is 13.3. The van der Waals surface area contributed by atoms with Crippen molar-refractivity contribution in [3.63, 3.8) is 0 Å². The van der Waals surface area contributed by atoms with E-state index in [1.165, 1.54) is 10.4 Å². The van der Waals surface area contributed by atoms with E-state index in [1.54, 1.807) is 0 Å². The molecule has 1 aliphatic carbocycles. The van der Waals surface area contributed by atoms with Gasteiger partial charge in [0.2, 0.25) is 0 Å². The summed E-state index contributed by atoms with van der Waals surface area (Å²) < 4.78 is 7.35. The monoisotopic (exact) mass is 381 g/mol. The Labute approximate surface area is 166 Å². The van der Waals surface area contributed by atoms with Crippen LogP contribution in [0.1, 0.15) is 53.4 Å². The first kappa shape index (κ1) is 20.3. The lowest BCUT2D eigenvalue weighted by atomic mass is 9.82. The van der Waals surface area contributed by atoms with Gasteiger partial charge in [0.15, 0.2) is 0 Å². The van der Waals surface area contributed by atoms with Gasteiger partial charge in [-0.05, 0) is 40.6 Å². The Morgan fingerprint density at radius 3 is 1.89 bits per heavy atom. The van der Waals surface area contributed by atoms with Crippen molar-refractivity contribution in [2.75, 3.05) is 0 Å². The van der Waals surface area contributed by atoms with Gasteiger partial charge in [-0.2, -0.15) is 0 Å². The largest absolute Gasteiger partial charge is 0.404 e. The van der Waals surface area contributed by atoms with Crippen LogP contribution in [0.15, 0.2) is 60.7 Å². The van der Waals surface area contributed by atoms with Gasteiger partial charge in [-0.1, -0.05) is 94.8 Å². The summed E-state index contributed by atoms with van der Waals surface area (Å²) in [5, 5.41) is 2.77. The van der Waals surface area contributed by atoms with Gasteiger partial charge in [0, 0.05) is 12.1 Å². The van der Waals surface area contributed by atoms with Gasteiger partial charge < -0.3 is 10.2 Å². The van der Waals surface area contributed by atoms with Gasteiger partial charge >= 0.3 is 0 Å². The predicted molar refractivity (Wildman–Crippen MR) is 118 cm³/mol. The first-order valence-electron chi connectivity index (χ1n) is 10.4. The van der Waals surface area contributed by atoms with Crippen LogP contribution in [-0.2, 0) is 4.43 Å². The molecule has 3 atom stereocenters. The zero-order chi connectivity index (χ0) is 19.5. The van der Waals surface area contributed by atoms with E-state index in [9.17, 15) is 0 Å². The summed E-state index contributed by atoms with van der Waals surface area (Å²) in [6, 6.07) is 22.3. The Hall–Kier alpha value is -1.42. The summed E-state index contributed by atoms with van der Waals surface area (Å²) in [6.45, 7) is 9.35. The molecular weight excluding hydrogens is 346 g/mol. The Balaban J connectivity index is 2.12. The van der Waals surface area contributed by atoms with Crippen LogP contribution in [0.4, 0.5) is 0 Å². The van der Waals surface area contributed by atoms with E-state index in [0.29, 0.717) is 18.1 Å². The number of nitrogens with two attached hydrogens (primary N) is 1. The molecule has 146 valence electrons. The summed E-state index contributed by atoms with van der Waals surface area (Å²) in [5.41, 5.74) is 6.29. The zero-order valence-corrected chi connectivity index (χ0v) is 18.3. The van der Waals surface area contributed by atoms with E-state index >= 15 is 0 Å². The average Bonchev–Trinajstić information content (AvgIpc) is 2.67. The molecule has 0 radical (unpaired) electrons. The van der Waals surface area contributed by atoms with Crippen LogP contribution in [0, 0.1) is 5.92 Å². The fourth-order valence-corrected chi connectivity index (χ4v) is 9.55. The maximum absolute atomic E-state index is 7.35. The van der Waals surface area contributed by atoms with Crippen molar-refractivity contribution in [3.8, 4) is 0 Å². The highest BCUT2D eigenvalue weighted by molar-refractivity contribution is 6.99. The Morgan fingerprint density at radius 2 is 1.44 bits per heavy atom. The Kier molecular flexibility index (Phi) is 6.24. The third kappa shape index (κ3) is 4.06. The smallest absolute Gasteiger partial charge is 0.261 e. The first-order valence-corrected chi connectivity index (χ1v) is 12.3. The van der Waals surface area contributed by atoms with Crippen molar-refractivity contribution >= 4 is 18.7 Å². The van der Waals surface area contributed by atoms with E-state index < -0.39 is 8.32 Å². The summed E-state index contributed by atoms with van der Waals surface area (Å²) in [7, 11) is -2.46. The van der Waals surface area contributed by atoms with Crippen LogP contribution < -0.4 is 16.1 Å². The number of hydrogen-bond donors (Lipinski definition) is 1. The minimum atomic E-state index is -2.46. The van der Waals surface area contributed by atoms with Crippen molar-refractivity contribution < 1.29 is 4.43 Å². The number of hydrogen-bond acceptors (Lipinski definition) is 2. The summed E-state index contributed by atoms with van der Waals surface area (Å²) >= 11 is 0. The van der Waals surface area contributed by atoms with Crippen LogP contribution >= 0.6 is 0 Å². The lowest BCUT2D eigenvalue weighted by molar-refractivity contribution is 0.0737. The standard InChI is InChI=1S/C24H35NOSi/c1-5-19-18-20(25)16-17-23(19)26-27(24(2,3)4,21-12-8-6-9-13-21)22-14-10-7-11-15-22/h6-15,19-20,23H,5,16-18,25H2,1-4H3/t19-,20+,23-/m1/s1. The Morgan fingerprint density at radius 1 is 0.926 bits per heavy atom. The highest BCUT2D eigenvalue weighted by Gasteiger charge is 2.52. The SMILES string of the molecule is CC[C@@H]1C[C@@H](N)CC[C@H]1O[Si](c1ccccc1)(c1ccccc1)C(C)(C)C. The maximum Gasteiger partial charge on any atom is 0.261 e. The molecule has 1 saturated carbocycles. The molecule has 1 aliphatic rings. The highest BCUT2D eigenvalue weighted by atomic mass is 28.4. The highest BCUT2D eigenvalue weighted by Crippen LogP contribution is 2.40. The molecule has 0 saturated heterocycles. The molecule has 3 rings (SSSR count). The maximum atomic E-state index is 7.35. The normalized spacial score (nSPS) is 24.0.